The van der Waals surface area contributed by atoms with Gasteiger partial charge >= 0.3 is 0 Å². The van der Waals surface area contributed by atoms with Crippen LogP contribution in [0.1, 0.15) is 15.9 Å². The van der Waals surface area contributed by atoms with Crippen LogP contribution in [0.5, 0.6) is 0 Å². The third kappa shape index (κ3) is 3.03. The maximum Gasteiger partial charge on any atom is 0.254 e. The highest BCUT2D eigenvalue weighted by molar-refractivity contribution is 5.93. The van der Waals surface area contributed by atoms with Gasteiger partial charge in [-0.05, 0) is 24.3 Å². The van der Waals surface area contributed by atoms with Crippen LogP contribution in [0.15, 0.2) is 67.3 Å². The second-order valence-electron chi connectivity index (χ2n) is 5.03. The molecule has 0 aliphatic carbocycles. The lowest BCUT2D eigenvalue weighted by Crippen LogP contribution is -2.26. The van der Waals surface area contributed by atoms with E-state index in [4.69, 9.17) is 0 Å². The van der Waals surface area contributed by atoms with Crippen molar-refractivity contribution in [1.82, 2.24) is 19.7 Å². The minimum atomic E-state index is -0.0325. The molecule has 0 spiro atoms. The fraction of sp³-hybridized carbons (Fsp3) is 0.118. The first-order chi connectivity index (χ1) is 10.7. The molecule has 5 nitrogen and oxygen atoms in total. The summed E-state index contributed by atoms with van der Waals surface area (Å²) in [5, 5.41) is 4.34. The Labute approximate surface area is 128 Å². The number of hydrogen-bond donors (Lipinski definition) is 0. The third-order valence-corrected chi connectivity index (χ3v) is 3.35. The van der Waals surface area contributed by atoms with E-state index in [1.165, 1.54) is 0 Å². The number of amides is 1. The van der Waals surface area contributed by atoms with Crippen molar-refractivity contribution in [2.24, 2.45) is 0 Å². The molecule has 0 bridgehead atoms. The van der Waals surface area contributed by atoms with E-state index in [2.05, 4.69) is 10.1 Å². The monoisotopic (exact) mass is 292 g/mol. The van der Waals surface area contributed by atoms with E-state index >= 15 is 0 Å². The Kier molecular flexibility index (Phi) is 3.96. The average molecular weight is 292 g/mol. The van der Waals surface area contributed by atoms with Gasteiger partial charge in [0.1, 0.15) is 0 Å². The van der Waals surface area contributed by atoms with E-state index < -0.39 is 0 Å². The van der Waals surface area contributed by atoms with Crippen LogP contribution in [-0.2, 0) is 6.54 Å². The first kappa shape index (κ1) is 14.0. The van der Waals surface area contributed by atoms with Gasteiger partial charge < -0.3 is 4.90 Å². The maximum atomic E-state index is 12.3. The van der Waals surface area contributed by atoms with E-state index in [-0.39, 0.29) is 5.91 Å². The highest BCUT2D eigenvalue weighted by Gasteiger charge is 2.12. The van der Waals surface area contributed by atoms with Gasteiger partial charge in [0.05, 0.1) is 11.9 Å². The van der Waals surface area contributed by atoms with Gasteiger partial charge in [0.25, 0.3) is 5.91 Å². The zero-order valence-electron chi connectivity index (χ0n) is 12.3. The molecule has 0 fully saturated rings. The highest BCUT2D eigenvalue weighted by atomic mass is 16.2. The summed E-state index contributed by atoms with van der Waals surface area (Å²) in [6, 6.07) is 13.3. The van der Waals surface area contributed by atoms with Gasteiger partial charge in [-0.3, -0.25) is 9.78 Å². The van der Waals surface area contributed by atoms with Gasteiger partial charge in [-0.2, -0.15) is 5.10 Å². The topological polar surface area (TPSA) is 51.0 Å². The predicted molar refractivity (Wildman–Crippen MR) is 83.6 cm³/mol. The fourth-order valence-corrected chi connectivity index (χ4v) is 2.22. The van der Waals surface area contributed by atoms with Crippen molar-refractivity contribution in [3.63, 3.8) is 0 Å². The molecule has 0 saturated carbocycles. The molecule has 2 heterocycles. The molecule has 3 aromatic rings. The summed E-state index contributed by atoms with van der Waals surface area (Å²) in [5.41, 5.74) is 2.61. The molecule has 1 aromatic carbocycles. The normalized spacial score (nSPS) is 10.4. The van der Waals surface area contributed by atoms with Crippen molar-refractivity contribution in [1.29, 1.82) is 0 Å². The number of carbonyl (C=O) groups is 1. The Hall–Kier alpha value is -2.95. The lowest BCUT2D eigenvalue weighted by molar-refractivity contribution is 0.0785. The van der Waals surface area contributed by atoms with Crippen LogP contribution in [-0.4, -0.2) is 32.6 Å². The molecule has 3 rings (SSSR count). The summed E-state index contributed by atoms with van der Waals surface area (Å²) in [5.74, 6) is -0.0325. The molecule has 0 unspecified atom stereocenters. The first-order valence-electron chi connectivity index (χ1n) is 6.98. The van der Waals surface area contributed by atoms with Gasteiger partial charge in [0.15, 0.2) is 0 Å². The minimum absolute atomic E-state index is 0.0325. The van der Waals surface area contributed by atoms with Crippen molar-refractivity contribution in [2.45, 2.75) is 6.54 Å². The van der Waals surface area contributed by atoms with Crippen molar-refractivity contribution >= 4 is 5.91 Å². The zero-order valence-corrected chi connectivity index (χ0v) is 12.3. The molecule has 0 saturated heterocycles. The fourth-order valence-electron chi connectivity index (χ4n) is 2.22. The Morgan fingerprint density at radius 3 is 2.59 bits per heavy atom. The Bertz CT molecular complexity index is 753. The lowest BCUT2D eigenvalue weighted by Gasteiger charge is -2.15. The van der Waals surface area contributed by atoms with E-state index in [0.717, 1.165) is 11.3 Å². The SMILES string of the molecule is CN(Cc1cnn(-c2ccccc2)c1)C(=O)c1ccncc1. The van der Waals surface area contributed by atoms with Gasteiger partial charge in [-0.25, -0.2) is 4.68 Å². The summed E-state index contributed by atoms with van der Waals surface area (Å²) in [6.45, 7) is 0.508. The third-order valence-electron chi connectivity index (χ3n) is 3.35. The second-order valence-corrected chi connectivity index (χ2v) is 5.03. The minimum Gasteiger partial charge on any atom is -0.337 e. The molecule has 0 atom stereocenters. The van der Waals surface area contributed by atoms with Crippen LogP contribution in [0, 0.1) is 0 Å². The number of benzene rings is 1. The Balaban J connectivity index is 1.71. The number of pyridine rings is 1. The van der Waals surface area contributed by atoms with Crippen molar-refractivity contribution in [3.05, 3.63) is 78.4 Å². The molecule has 22 heavy (non-hydrogen) atoms. The molecule has 0 N–H and O–H groups in total. The molecule has 2 aromatic heterocycles. The molecule has 5 heteroatoms. The number of carbonyl (C=O) groups excluding carboxylic acids is 1. The molecule has 1 amide bonds. The lowest BCUT2D eigenvalue weighted by atomic mass is 10.2. The zero-order chi connectivity index (χ0) is 15.4. The molecular formula is C17H16N4O. The van der Waals surface area contributed by atoms with Gasteiger partial charge in [0.2, 0.25) is 0 Å². The maximum absolute atomic E-state index is 12.3. The highest BCUT2D eigenvalue weighted by Crippen LogP contribution is 2.10. The van der Waals surface area contributed by atoms with Crippen LogP contribution >= 0.6 is 0 Å². The van der Waals surface area contributed by atoms with E-state index in [9.17, 15) is 4.79 Å². The summed E-state index contributed by atoms with van der Waals surface area (Å²) < 4.78 is 1.81. The molecular weight excluding hydrogens is 276 g/mol. The second kappa shape index (κ2) is 6.22. The van der Waals surface area contributed by atoms with Crippen LogP contribution in [0.2, 0.25) is 0 Å². The van der Waals surface area contributed by atoms with E-state index in [0.29, 0.717) is 12.1 Å². The molecule has 110 valence electrons. The summed E-state index contributed by atoms with van der Waals surface area (Å²) in [6.07, 6.45) is 6.96. The summed E-state index contributed by atoms with van der Waals surface area (Å²) in [7, 11) is 1.78. The van der Waals surface area contributed by atoms with Gasteiger partial charge in [-0.15, -0.1) is 0 Å². The summed E-state index contributed by atoms with van der Waals surface area (Å²) >= 11 is 0. The quantitative estimate of drug-likeness (QED) is 0.742. The largest absolute Gasteiger partial charge is 0.337 e. The van der Waals surface area contributed by atoms with Crippen LogP contribution in [0.25, 0.3) is 5.69 Å². The number of nitrogens with zero attached hydrogens (tertiary/aromatic N) is 4. The standard InChI is InChI=1S/C17H16N4O/c1-20(17(22)15-7-9-18-10-8-15)12-14-11-19-21(13-14)16-5-3-2-4-6-16/h2-11,13H,12H2,1H3. The van der Waals surface area contributed by atoms with Crippen LogP contribution in [0.4, 0.5) is 0 Å². The van der Waals surface area contributed by atoms with Gasteiger partial charge in [-0.1, -0.05) is 18.2 Å². The van der Waals surface area contributed by atoms with E-state index in [1.54, 1.807) is 47.4 Å². The van der Waals surface area contributed by atoms with Gasteiger partial charge in [0, 0.05) is 43.3 Å². The smallest absolute Gasteiger partial charge is 0.254 e. The average Bonchev–Trinajstić information content (AvgIpc) is 3.04. The van der Waals surface area contributed by atoms with Crippen molar-refractivity contribution in [2.75, 3.05) is 7.05 Å². The number of aromatic nitrogens is 3. The van der Waals surface area contributed by atoms with Crippen LogP contribution < -0.4 is 0 Å². The number of rotatable bonds is 4. The predicted octanol–water partition coefficient (Wildman–Crippen LogP) is 2.54. The van der Waals surface area contributed by atoms with Crippen molar-refractivity contribution < 1.29 is 4.79 Å². The Morgan fingerprint density at radius 2 is 1.86 bits per heavy atom. The summed E-state index contributed by atoms with van der Waals surface area (Å²) in [4.78, 5) is 17.9. The number of para-hydroxylation sites is 1. The Morgan fingerprint density at radius 1 is 1.14 bits per heavy atom. The molecule has 0 aliphatic rings. The number of hydrogen-bond acceptors (Lipinski definition) is 3. The van der Waals surface area contributed by atoms with Crippen LogP contribution in [0.3, 0.4) is 0 Å². The van der Waals surface area contributed by atoms with Crippen molar-refractivity contribution in [3.8, 4) is 5.69 Å². The molecule has 0 radical (unpaired) electrons. The first-order valence-corrected chi connectivity index (χ1v) is 6.98. The van der Waals surface area contributed by atoms with E-state index in [1.807, 2.05) is 36.5 Å². The molecule has 0 aliphatic heterocycles.